The number of carbonyl (C=O) groups excluding carboxylic acids is 8. The van der Waals surface area contributed by atoms with Crippen LogP contribution in [0.5, 0.6) is 5.75 Å². The monoisotopic (exact) mass is 968 g/mol. The third-order valence-electron chi connectivity index (χ3n) is 13.1. The molecule has 1 aliphatic heterocycles. The molecule has 3 aromatic rings. The van der Waals surface area contributed by atoms with Crippen molar-refractivity contribution in [1.29, 1.82) is 0 Å². The lowest BCUT2D eigenvalue weighted by molar-refractivity contribution is -0.143. The van der Waals surface area contributed by atoms with Gasteiger partial charge in [0.25, 0.3) is 11.8 Å². The van der Waals surface area contributed by atoms with Crippen LogP contribution in [0.25, 0.3) is 10.8 Å². The van der Waals surface area contributed by atoms with Crippen LogP contribution in [0.1, 0.15) is 134 Å². The molecule has 7 amide bonds. The SMILES string of the molecule is CCCCC(NC(=O)C(CCCC)NC(=O)CNC(=O)C(=O)C(CCC)NC(=O)[C@@H]1C[C@@H](OCc2ccccc2)CN1C(=O)C(NC(=O)c1c(OCC)ccc2ccccc12)C1CCCCC1)C(N)=O. The summed E-state index contributed by atoms with van der Waals surface area (Å²) in [6.07, 6.45) is 7.41. The highest BCUT2D eigenvalue weighted by atomic mass is 16.5. The molecule has 2 fully saturated rings. The molecule has 0 bridgehead atoms. The molecule has 0 spiro atoms. The maximum Gasteiger partial charge on any atom is 0.290 e. The minimum absolute atomic E-state index is 0.0303. The maximum atomic E-state index is 15.2. The van der Waals surface area contributed by atoms with Gasteiger partial charge in [-0.2, -0.15) is 0 Å². The molecule has 2 aliphatic rings. The summed E-state index contributed by atoms with van der Waals surface area (Å²) >= 11 is 0. The first kappa shape index (κ1) is 54.6. The fraction of sp³-hybridized carbons (Fsp3) is 0.547. The third kappa shape index (κ3) is 15.3. The molecule has 380 valence electrons. The van der Waals surface area contributed by atoms with Crippen molar-refractivity contribution < 1.29 is 47.8 Å². The van der Waals surface area contributed by atoms with E-state index in [-0.39, 0.29) is 38.3 Å². The number of rotatable bonds is 27. The zero-order chi connectivity index (χ0) is 50.6. The first-order chi connectivity index (χ1) is 33.8. The predicted molar refractivity (Wildman–Crippen MR) is 265 cm³/mol. The van der Waals surface area contributed by atoms with Gasteiger partial charge in [-0.15, -0.1) is 0 Å². The van der Waals surface area contributed by atoms with Crippen molar-refractivity contribution in [3.05, 3.63) is 77.9 Å². The third-order valence-corrected chi connectivity index (χ3v) is 13.1. The molecular formula is C53H73N7O10. The van der Waals surface area contributed by atoms with Crippen LogP contribution in [0.2, 0.25) is 0 Å². The van der Waals surface area contributed by atoms with Crippen LogP contribution in [0.4, 0.5) is 0 Å². The Morgan fingerprint density at radius 1 is 0.729 bits per heavy atom. The lowest BCUT2D eigenvalue weighted by Gasteiger charge is -2.35. The molecule has 17 heteroatoms. The first-order valence-corrected chi connectivity index (χ1v) is 25.2. The van der Waals surface area contributed by atoms with E-state index in [9.17, 15) is 33.6 Å². The Labute approximate surface area is 411 Å². The van der Waals surface area contributed by atoms with Gasteiger partial charge in [0.05, 0.1) is 37.5 Å². The van der Waals surface area contributed by atoms with Gasteiger partial charge in [0.15, 0.2) is 0 Å². The normalized spacial score (nSPS) is 17.6. The molecule has 5 rings (SSSR count). The number of benzene rings is 3. The molecule has 0 aromatic heterocycles. The fourth-order valence-corrected chi connectivity index (χ4v) is 9.32. The highest BCUT2D eigenvalue weighted by Crippen LogP contribution is 2.33. The number of hydrogen-bond donors (Lipinski definition) is 6. The van der Waals surface area contributed by atoms with Crippen molar-refractivity contribution in [2.45, 2.75) is 161 Å². The molecule has 1 saturated heterocycles. The highest BCUT2D eigenvalue weighted by molar-refractivity contribution is 6.38. The summed E-state index contributed by atoms with van der Waals surface area (Å²) in [5.41, 5.74) is 6.72. The van der Waals surface area contributed by atoms with Gasteiger partial charge in [0.2, 0.25) is 35.3 Å². The van der Waals surface area contributed by atoms with Crippen LogP contribution >= 0.6 is 0 Å². The zero-order valence-corrected chi connectivity index (χ0v) is 41.2. The second-order valence-corrected chi connectivity index (χ2v) is 18.4. The number of fused-ring (bicyclic) bond motifs is 1. The van der Waals surface area contributed by atoms with Gasteiger partial charge in [0.1, 0.15) is 29.9 Å². The van der Waals surface area contributed by atoms with Crippen molar-refractivity contribution in [2.24, 2.45) is 11.7 Å². The number of likely N-dealkylation sites (tertiary alicyclic amines) is 1. The summed E-state index contributed by atoms with van der Waals surface area (Å²) < 4.78 is 12.3. The standard InChI is InChI=1S/C53H73N7O10/c1-5-9-26-40(48(54)63)58-49(64)41(27-10-6-2)56-44(61)31-55-52(67)47(62)39(19-7-3)57-50(65)42-30-37(70-33-34-20-13-11-14-21-34)32-60(42)53(68)46(36-23-15-12-16-24-36)59-51(66)45-38-25-18-17-22-35(38)28-29-43(45)69-8-4/h11,13-14,17-18,20-22,25,28-29,36-37,39-42,46H,5-10,12,15-16,19,23-24,26-27,30-33H2,1-4H3,(H2,54,63)(H,55,67)(H,56,61)(H,57,65)(H,58,64)(H,59,66)/t37-,39?,40?,41?,42+,46?/m1/s1. The topological polar surface area (TPSA) is 244 Å². The molecule has 0 radical (unpaired) electrons. The number of ketones is 1. The second-order valence-electron chi connectivity index (χ2n) is 18.4. The van der Waals surface area contributed by atoms with Crippen molar-refractivity contribution >= 4 is 57.9 Å². The second kappa shape index (κ2) is 27.7. The van der Waals surface area contributed by atoms with Crippen molar-refractivity contribution in [3.63, 3.8) is 0 Å². The van der Waals surface area contributed by atoms with Crippen molar-refractivity contribution in [2.75, 3.05) is 19.7 Å². The van der Waals surface area contributed by atoms with Crippen LogP contribution in [-0.2, 0) is 44.9 Å². The Bertz CT molecular complexity index is 2270. The van der Waals surface area contributed by atoms with Gasteiger partial charge in [0, 0.05) is 13.0 Å². The number of amides is 7. The summed E-state index contributed by atoms with van der Waals surface area (Å²) in [5.74, 6) is -5.59. The molecule has 17 nitrogen and oxygen atoms in total. The fourth-order valence-electron chi connectivity index (χ4n) is 9.32. The Balaban J connectivity index is 1.34. The summed E-state index contributed by atoms with van der Waals surface area (Å²) in [6.45, 7) is 7.39. The molecule has 3 aromatic carbocycles. The van der Waals surface area contributed by atoms with Crippen LogP contribution in [0, 0.1) is 5.92 Å². The first-order valence-electron chi connectivity index (χ1n) is 25.2. The molecule has 1 heterocycles. The number of carbonyl (C=O) groups is 8. The van der Waals surface area contributed by atoms with Gasteiger partial charge in [-0.1, -0.05) is 133 Å². The van der Waals surface area contributed by atoms with E-state index in [1.54, 1.807) is 13.0 Å². The Morgan fingerprint density at radius 3 is 2.09 bits per heavy atom. The van der Waals surface area contributed by atoms with E-state index >= 15 is 4.79 Å². The number of ether oxygens (including phenoxy) is 2. The van der Waals surface area contributed by atoms with Crippen LogP contribution < -0.4 is 37.1 Å². The van der Waals surface area contributed by atoms with E-state index < -0.39 is 90.0 Å². The quantitative estimate of drug-likeness (QED) is 0.0564. The Hall–Kier alpha value is -6.36. The summed E-state index contributed by atoms with van der Waals surface area (Å²) in [7, 11) is 0. The van der Waals surface area contributed by atoms with Crippen molar-refractivity contribution in [3.8, 4) is 5.75 Å². The van der Waals surface area contributed by atoms with Crippen LogP contribution in [0.15, 0.2) is 66.7 Å². The highest BCUT2D eigenvalue weighted by Gasteiger charge is 2.45. The number of nitrogens with two attached hydrogens (primary N) is 1. The number of nitrogens with zero attached hydrogens (tertiary/aromatic N) is 1. The van der Waals surface area contributed by atoms with E-state index in [2.05, 4.69) is 26.6 Å². The van der Waals surface area contributed by atoms with E-state index in [4.69, 9.17) is 15.2 Å². The van der Waals surface area contributed by atoms with E-state index in [1.807, 2.05) is 81.4 Å². The average molecular weight is 968 g/mol. The van der Waals surface area contributed by atoms with Gasteiger partial charge >= 0.3 is 0 Å². The summed E-state index contributed by atoms with van der Waals surface area (Å²) in [6, 6.07) is 15.2. The lowest BCUT2D eigenvalue weighted by atomic mass is 9.83. The zero-order valence-electron chi connectivity index (χ0n) is 41.2. The average Bonchev–Trinajstić information content (AvgIpc) is 3.81. The van der Waals surface area contributed by atoms with E-state index in [0.29, 0.717) is 61.8 Å². The largest absolute Gasteiger partial charge is 0.493 e. The number of primary amides is 1. The Kier molecular flexibility index (Phi) is 21.6. The molecule has 4 unspecified atom stereocenters. The number of Topliss-reactive ketones (excluding diaryl/α,β-unsaturated/α-hetero) is 1. The maximum absolute atomic E-state index is 15.2. The molecule has 70 heavy (non-hydrogen) atoms. The van der Waals surface area contributed by atoms with Gasteiger partial charge in [-0.3, -0.25) is 38.4 Å². The summed E-state index contributed by atoms with van der Waals surface area (Å²) in [5, 5.41) is 14.9. The lowest BCUT2D eigenvalue weighted by Crippen LogP contribution is -2.58. The molecule has 6 atom stereocenters. The van der Waals surface area contributed by atoms with Crippen LogP contribution in [-0.4, -0.2) is 108 Å². The number of hydrogen-bond acceptors (Lipinski definition) is 10. The predicted octanol–water partition coefficient (Wildman–Crippen LogP) is 4.91. The number of unbranched alkanes of at least 4 members (excludes halogenated alkanes) is 2. The minimum Gasteiger partial charge on any atom is -0.493 e. The van der Waals surface area contributed by atoms with E-state index in [0.717, 1.165) is 43.1 Å². The van der Waals surface area contributed by atoms with Gasteiger partial charge in [-0.25, -0.2) is 0 Å². The van der Waals surface area contributed by atoms with Gasteiger partial charge < -0.3 is 46.7 Å². The molecule has 1 saturated carbocycles. The number of nitrogens with one attached hydrogen (secondary N) is 5. The minimum atomic E-state index is -1.31. The van der Waals surface area contributed by atoms with Crippen LogP contribution in [0.3, 0.4) is 0 Å². The Morgan fingerprint density at radius 2 is 1.41 bits per heavy atom. The molecule has 7 N–H and O–H groups in total. The molecular weight excluding hydrogens is 895 g/mol. The smallest absolute Gasteiger partial charge is 0.290 e. The summed E-state index contributed by atoms with van der Waals surface area (Å²) in [4.78, 5) is 111. The van der Waals surface area contributed by atoms with Crippen molar-refractivity contribution in [1.82, 2.24) is 31.5 Å². The van der Waals surface area contributed by atoms with Gasteiger partial charge in [-0.05, 0) is 67.3 Å². The van der Waals surface area contributed by atoms with E-state index in [1.165, 1.54) is 4.90 Å². The molecule has 1 aliphatic carbocycles.